The van der Waals surface area contributed by atoms with Crippen LogP contribution in [-0.2, 0) is 16.1 Å². The monoisotopic (exact) mass is 316 g/mol. The number of aliphatic carboxylic acids is 1. The van der Waals surface area contributed by atoms with Crippen LogP contribution in [0.25, 0.3) is 0 Å². The van der Waals surface area contributed by atoms with Gasteiger partial charge in [0.15, 0.2) is 0 Å². The molecule has 1 amide bonds. The number of hydrogen-bond donors (Lipinski definition) is 2. The van der Waals surface area contributed by atoms with Crippen LogP contribution in [-0.4, -0.2) is 27.6 Å². The molecular formula is C11H13BrN2O4. The zero-order valence-electron chi connectivity index (χ0n) is 9.72. The Morgan fingerprint density at radius 3 is 2.72 bits per heavy atom. The molecule has 98 valence electrons. The second-order valence-electron chi connectivity index (χ2n) is 3.68. The van der Waals surface area contributed by atoms with E-state index in [0.29, 0.717) is 4.47 Å². The number of carbonyl (C=O) groups excluding carboxylic acids is 1. The number of nitrogens with one attached hydrogen (secondary N) is 1. The molecule has 0 saturated carbocycles. The molecule has 0 unspecified atom stereocenters. The number of halogens is 1. The van der Waals surface area contributed by atoms with Crippen LogP contribution in [0, 0.1) is 0 Å². The Morgan fingerprint density at radius 1 is 1.50 bits per heavy atom. The Bertz CT molecular complexity index is 512. The third-order valence-electron chi connectivity index (χ3n) is 2.30. The highest BCUT2D eigenvalue weighted by Gasteiger charge is 2.17. The number of carbonyl (C=O) groups is 2. The molecule has 0 fully saturated rings. The first-order valence-corrected chi connectivity index (χ1v) is 6.11. The van der Waals surface area contributed by atoms with E-state index >= 15 is 0 Å². The van der Waals surface area contributed by atoms with Crippen molar-refractivity contribution in [1.82, 2.24) is 9.88 Å². The fraction of sp³-hybridized carbons (Fsp3) is 0.364. The second kappa shape index (κ2) is 6.34. The van der Waals surface area contributed by atoms with Gasteiger partial charge in [0.25, 0.3) is 5.56 Å². The van der Waals surface area contributed by atoms with Crippen LogP contribution < -0.4 is 10.9 Å². The van der Waals surface area contributed by atoms with Crippen LogP contribution in [0.4, 0.5) is 0 Å². The quantitative estimate of drug-likeness (QED) is 0.832. The lowest BCUT2D eigenvalue weighted by atomic mass is 10.2. The number of nitrogens with zero attached hydrogens (tertiary/aromatic N) is 1. The van der Waals surface area contributed by atoms with Crippen molar-refractivity contribution in [2.45, 2.75) is 25.9 Å². The predicted octanol–water partition coefficient (Wildman–Crippen LogP) is 0.590. The van der Waals surface area contributed by atoms with Crippen LogP contribution >= 0.6 is 15.9 Å². The molecule has 2 N–H and O–H groups in total. The average Bonchev–Trinajstić information content (AvgIpc) is 2.30. The van der Waals surface area contributed by atoms with Gasteiger partial charge in [-0.2, -0.15) is 0 Å². The summed E-state index contributed by atoms with van der Waals surface area (Å²) in [7, 11) is 0. The van der Waals surface area contributed by atoms with E-state index in [1.54, 1.807) is 13.0 Å². The fourth-order valence-electron chi connectivity index (χ4n) is 1.36. The van der Waals surface area contributed by atoms with Gasteiger partial charge in [0.2, 0.25) is 5.91 Å². The van der Waals surface area contributed by atoms with E-state index in [9.17, 15) is 14.4 Å². The van der Waals surface area contributed by atoms with Crippen LogP contribution in [0.15, 0.2) is 27.6 Å². The molecular weight excluding hydrogens is 304 g/mol. The van der Waals surface area contributed by atoms with Crippen molar-refractivity contribution in [3.63, 3.8) is 0 Å². The largest absolute Gasteiger partial charge is 0.480 e. The molecule has 1 atom stereocenters. The molecule has 1 aromatic heterocycles. The molecule has 1 aromatic rings. The number of hydrogen-bond acceptors (Lipinski definition) is 3. The van der Waals surface area contributed by atoms with Crippen LogP contribution in [0.2, 0.25) is 0 Å². The molecule has 7 heteroatoms. The summed E-state index contributed by atoms with van der Waals surface area (Å²) in [4.78, 5) is 33.8. The zero-order valence-corrected chi connectivity index (χ0v) is 11.3. The van der Waals surface area contributed by atoms with E-state index in [1.165, 1.54) is 16.8 Å². The topological polar surface area (TPSA) is 88.4 Å². The highest BCUT2D eigenvalue weighted by molar-refractivity contribution is 9.10. The van der Waals surface area contributed by atoms with Crippen molar-refractivity contribution in [3.05, 3.63) is 33.2 Å². The maximum atomic E-state index is 11.6. The first kappa shape index (κ1) is 14.4. The number of amides is 1. The Hall–Kier alpha value is -1.63. The average molecular weight is 317 g/mol. The van der Waals surface area contributed by atoms with Gasteiger partial charge in [-0.25, -0.2) is 4.79 Å². The summed E-state index contributed by atoms with van der Waals surface area (Å²) in [5.41, 5.74) is -0.322. The molecule has 1 heterocycles. The van der Waals surface area contributed by atoms with E-state index in [-0.39, 0.29) is 18.5 Å². The SMILES string of the molecule is CC[C@@H](NC(=O)Cn1cc(Br)ccc1=O)C(=O)O. The van der Waals surface area contributed by atoms with Gasteiger partial charge in [-0.1, -0.05) is 6.92 Å². The standard InChI is InChI=1S/C11H13BrN2O4/c1-2-8(11(17)18)13-9(15)6-14-5-7(12)3-4-10(14)16/h3-5,8H,2,6H2,1H3,(H,13,15)(H,17,18)/t8-/m1/s1. The maximum absolute atomic E-state index is 11.6. The molecule has 0 aliphatic rings. The molecule has 0 aliphatic heterocycles. The highest BCUT2D eigenvalue weighted by Crippen LogP contribution is 2.04. The predicted molar refractivity (Wildman–Crippen MR) is 68.3 cm³/mol. The van der Waals surface area contributed by atoms with Crippen molar-refractivity contribution in [2.24, 2.45) is 0 Å². The van der Waals surface area contributed by atoms with Gasteiger partial charge in [-0.3, -0.25) is 9.59 Å². The maximum Gasteiger partial charge on any atom is 0.326 e. The van der Waals surface area contributed by atoms with E-state index in [0.717, 1.165) is 0 Å². The number of carboxylic acid groups (broad SMARTS) is 1. The molecule has 0 radical (unpaired) electrons. The Labute approximate surface area is 112 Å². The molecule has 6 nitrogen and oxygen atoms in total. The second-order valence-corrected chi connectivity index (χ2v) is 4.60. The lowest BCUT2D eigenvalue weighted by Gasteiger charge is -2.13. The molecule has 0 aromatic carbocycles. The van der Waals surface area contributed by atoms with Gasteiger partial charge in [0, 0.05) is 16.7 Å². The zero-order chi connectivity index (χ0) is 13.7. The van der Waals surface area contributed by atoms with Crippen LogP contribution in [0.1, 0.15) is 13.3 Å². The number of carboxylic acids is 1. The van der Waals surface area contributed by atoms with E-state index < -0.39 is 17.9 Å². The van der Waals surface area contributed by atoms with Gasteiger partial charge in [-0.15, -0.1) is 0 Å². The molecule has 0 bridgehead atoms. The minimum absolute atomic E-state index is 0.206. The minimum atomic E-state index is -1.09. The van der Waals surface area contributed by atoms with Gasteiger partial charge in [0.05, 0.1) is 0 Å². The highest BCUT2D eigenvalue weighted by atomic mass is 79.9. The summed E-state index contributed by atoms with van der Waals surface area (Å²) in [6, 6.07) is 1.97. The summed E-state index contributed by atoms with van der Waals surface area (Å²) in [5, 5.41) is 11.1. The molecule has 0 spiro atoms. The number of aromatic nitrogens is 1. The van der Waals surface area contributed by atoms with Gasteiger partial charge in [0.1, 0.15) is 12.6 Å². The Kier molecular flexibility index (Phi) is 5.08. The normalized spacial score (nSPS) is 11.9. The van der Waals surface area contributed by atoms with Crippen LogP contribution in [0.5, 0.6) is 0 Å². The van der Waals surface area contributed by atoms with Gasteiger partial charge < -0.3 is 15.0 Å². The first-order chi connectivity index (χ1) is 8.43. The summed E-state index contributed by atoms with van der Waals surface area (Å²) >= 11 is 3.19. The van der Waals surface area contributed by atoms with Crippen LogP contribution in [0.3, 0.4) is 0 Å². The van der Waals surface area contributed by atoms with Crippen molar-refractivity contribution < 1.29 is 14.7 Å². The Morgan fingerprint density at radius 2 is 2.17 bits per heavy atom. The van der Waals surface area contributed by atoms with Crippen molar-refractivity contribution in [3.8, 4) is 0 Å². The van der Waals surface area contributed by atoms with Crippen molar-refractivity contribution >= 4 is 27.8 Å². The third kappa shape index (κ3) is 3.99. The lowest BCUT2D eigenvalue weighted by Crippen LogP contribution is -2.42. The number of pyridine rings is 1. The van der Waals surface area contributed by atoms with Crippen molar-refractivity contribution in [2.75, 3.05) is 0 Å². The summed E-state index contributed by atoms with van der Waals surface area (Å²) in [6.45, 7) is 1.45. The first-order valence-electron chi connectivity index (χ1n) is 5.32. The molecule has 18 heavy (non-hydrogen) atoms. The smallest absolute Gasteiger partial charge is 0.326 e. The third-order valence-corrected chi connectivity index (χ3v) is 2.77. The molecule has 0 saturated heterocycles. The molecule has 0 aliphatic carbocycles. The Balaban J connectivity index is 2.73. The summed E-state index contributed by atoms with van der Waals surface area (Å²) in [5.74, 6) is -1.60. The number of rotatable bonds is 5. The van der Waals surface area contributed by atoms with Gasteiger partial charge in [-0.05, 0) is 28.4 Å². The summed E-state index contributed by atoms with van der Waals surface area (Å²) < 4.78 is 1.87. The van der Waals surface area contributed by atoms with Crippen molar-refractivity contribution in [1.29, 1.82) is 0 Å². The lowest BCUT2D eigenvalue weighted by molar-refractivity contribution is -0.142. The fourth-order valence-corrected chi connectivity index (χ4v) is 1.74. The van der Waals surface area contributed by atoms with Gasteiger partial charge >= 0.3 is 5.97 Å². The van der Waals surface area contributed by atoms with E-state index in [1.807, 2.05) is 0 Å². The minimum Gasteiger partial charge on any atom is -0.480 e. The molecule has 1 rings (SSSR count). The van der Waals surface area contributed by atoms with E-state index in [4.69, 9.17) is 5.11 Å². The summed E-state index contributed by atoms with van der Waals surface area (Å²) in [6.07, 6.45) is 1.76. The van der Waals surface area contributed by atoms with E-state index in [2.05, 4.69) is 21.2 Å².